The molecule has 0 bridgehead atoms. The number of hydrogen-bond acceptors (Lipinski definition) is 3. The Balaban J connectivity index is 1.69. The number of anilines is 1. The number of carbonyl (C=O) groups excluding carboxylic acids is 1. The van der Waals surface area contributed by atoms with Crippen LogP contribution in [0.2, 0.25) is 0 Å². The van der Waals surface area contributed by atoms with Crippen LogP contribution in [0, 0.1) is 5.92 Å². The van der Waals surface area contributed by atoms with Gasteiger partial charge < -0.3 is 20.1 Å². The molecule has 5 nitrogen and oxygen atoms in total. The number of benzene rings is 2. The summed E-state index contributed by atoms with van der Waals surface area (Å²) in [5.41, 5.74) is 0.633. The lowest BCUT2D eigenvalue weighted by Crippen LogP contribution is -2.33. The van der Waals surface area contributed by atoms with E-state index in [0.29, 0.717) is 24.5 Å². The number of nitrogens with one attached hydrogen (secondary N) is 1. The van der Waals surface area contributed by atoms with E-state index in [4.69, 9.17) is 4.74 Å². The predicted octanol–water partition coefficient (Wildman–Crippen LogP) is 3.33. The average Bonchev–Trinajstić information content (AvgIpc) is 3.07. The lowest BCUT2D eigenvalue weighted by Gasteiger charge is -2.18. The molecule has 0 radical (unpaired) electrons. The first-order valence-corrected chi connectivity index (χ1v) is 7.75. The summed E-state index contributed by atoms with van der Waals surface area (Å²) in [6.07, 6.45) is 0.839. The van der Waals surface area contributed by atoms with Gasteiger partial charge in [-0.3, -0.25) is 0 Å². The molecule has 120 valence electrons. The maximum atomic E-state index is 12.4. The Bertz CT molecular complexity index is 660. The third-order valence-corrected chi connectivity index (χ3v) is 3.93. The Morgan fingerprint density at radius 1 is 1.17 bits per heavy atom. The topological polar surface area (TPSA) is 61.8 Å². The molecule has 1 aliphatic heterocycles. The van der Waals surface area contributed by atoms with Crippen LogP contribution >= 0.6 is 0 Å². The van der Waals surface area contributed by atoms with Gasteiger partial charge in [-0.25, -0.2) is 4.79 Å². The molecule has 1 atom stereocenters. The van der Waals surface area contributed by atoms with Gasteiger partial charge in [-0.05, 0) is 30.7 Å². The molecule has 0 saturated carbocycles. The minimum absolute atomic E-state index is 0.123. The van der Waals surface area contributed by atoms with Crippen molar-refractivity contribution in [3.05, 3.63) is 54.6 Å². The van der Waals surface area contributed by atoms with Crippen LogP contribution in [0.3, 0.4) is 0 Å². The Hall–Kier alpha value is -2.53. The molecular formula is C18H20N2O3. The molecule has 1 heterocycles. The van der Waals surface area contributed by atoms with Crippen molar-refractivity contribution >= 4 is 11.7 Å². The van der Waals surface area contributed by atoms with Gasteiger partial charge in [0.15, 0.2) is 5.75 Å². The minimum atomic E-state index is -0.162. The number of aliphatic hydroxyl groups is 1. The van der Waals surface area contributed by atoms with Crippen molar-refractivity contribution in [2.45, 2.75) is 6.42 Å². The smallest absolute Gasteiger partial charge is 0.321 e. The zero-order valence-corrected chi connectivity index (χ0v) is 12.8. The normalized spacial score (nSPS) is 17.1. The van der Waals surface area contributed by atoms with Crippen molar-refractivity contribution in [3.63, 3.8) is 0 Å². The highest BCUT2D eigenvalue weighted by Gasteiger charge is 2.26. The fraction of sp³-hybridized carbons (Fsp3) is 0.278. The Morgan fingerprint density at radius 3 is 2.65 bits per heavy atom. The van der Waals surface area contributed by atoms with E-state index in [1.165, 1.54) is 0 Å². The zero-order chi connectivity index (χ0) is 16.1. The van der Waals surface area contributed by atoms with Crippen LogP contribution < -0.4 is 10.1 Å². The van der Waals surface area contributed by atoms with Crippen LogP contribution in [-0.2, 0) is 0 Å². The predicted molar refractivity (Wildman–Crippen MR) is 88.7 cm³/mol. The molecule has 2 aromatic rings. The van der Waals surface area contributed by atoms with E-state index in [-0.39, 0.29) is 18.6 Å². The van der Waals surface area contributed by atoms with Crippen LogP contribution in [0.5, 0.6) is 11.5 Å². The van der Waals surface area contributed by atoms with Gasteiger partial charge in [0, 0.05) is 25.6 Å². The number of para-hydroxylation sites is 3. The van der Waals surface area contributed by atoms with Gasteiger partial charge in [-0.2, -0.15) is 0 Å². The molecule has 0 spiro atoms. The van der Waals surface area contributed by atoms with Crippen molar-refractivity contribution in [3.8, 4) is 11.5 Å². The first-order valence-electron chi connectivity index (χ1n) is 7.75. The van der Waals surface area contributed by atoms with E-state index in [1.54, 1.807) is 4.90 Å². The fourth-order valence-corrected chi connectivity index (χ4v) is 2.63. The monoisotopic (exact) mass is 312 g/mol. The van der Waals surface area contributed by atoms with Crippen LogP contribution in [0.15, 0.2) is 54.6 Å². The summed E-state index contributed by atoms with van der Waals surface area (Å²) in [6, 6.07) is 16.6. The van der Waals surface area contributed by atoms with Crippen molar-refractivity contribution in [1.82, 2.24) is 4.90 Å². The van der Waals surface area contributed by atoms with E-state index in [0.717, 1.165) is 12.2 Å². The summed E-state index contributed by atoms with van der Waals surface area (Å²) in [5.74, 6) is 1.50. The molecule has 2 aromatic carbocycles. The number of ether oxygens (including phenoxy) is 1. The molecule has 0 aliphatic carbocycles. The summed E-state index contributed by atoms with van der Waals surface area (Å²) in [5, 5.41) is 12.1. The van der Waals surface area contributed by atoms with Crippen molar-refractivity contribution in [2.24, 2.45) is 5.92 Å². The van der Waals surface area contributed by atoms with E-state index >= 15 is 0 Å². The highest BCUT2D eigenvalue weighted by atomic mass is 16.5. The molecule has 1 saturated heterocycles. The molecule has 23 heavy (non-hydrogen) atoms. The fourth-order valence-electron chi connectivity index (χ4n) is 2.63. The van der Waals surface area contributed by atoms with Gasteiger partial charge in [0.1, 0.15) is 5.75 Å². The number of amides is 2. The third-order valence-electron chi connectivity index (χ3n) is 3.93. The number of hydrogen-bond donors (Lipinski definition) is 2. The molecular weight excluding hydrogens is 292 g/mol. The highest BCUT2D eigenvalue weighted by molar-refractivity contribution is 5.91. The van der Waals surface area contributed by atoms with Gasteiger partial charge in [-0.15, -0.1) is 0 Å². The Labute approximate surface area is 135 Å². The van der Waals surface area contributed by atoms with Gasteiger partial charge >= 0.3 is 6.03 Å². The van der Waals surface area contributed by atoms with Crippen molar-refractivity contribution in [2.75, 3.05) is 25.0 Å². The number of aliphatic hydroxyl groups excluding tert-OH is 1. The maximum Gasteiger partial charge on any atom is 0.321 e. The van der Waals surface area contributed by atoms with E-state index in [9.17, 15) is 9.90 Å². The maximum absolute atomic E-state index is 12.4. The standard InChI is InChI=1S/C18H20N2O3/c21-13-14-10-11-20(12-14)18(22)19-16-8-4-5-9-17(16)23-15-6-2-1-3-7-15/h1-9,14,21H,10-13H2,(H,19,22). The van der Waals surface area contributed by atoms with Crippen LogP contribution in [0.25, 0.3) is 0 Å². The summed E-state index contributed by atoms with van der Waals surface area (Å²) >= 11 is 0. The second-order valence-electron chi connectivity index (χ2n) is 5.62. The lowest BCUT2D eigenvalue weighted by atomic mass is 10.1. The molecule has 2 amide bonds. The quantitative estimate of drug-likeness (QED) is 0.910. The van der Waals surface area contributed by atoms with Gasteiger partial charge in [0.2, 0.25) is 0 Å². The number of rotatable bonds is 4. The summed E-state index contributed by atoms with van der Waals surface area (Å²) in [6.45, 7) is 1.38. The molecule has 5 heteroatoms. The minimum Gasteiger partial charge on any atom is -0.455 e. The van der Waals surface area contributed by atoms with Crippen LogP contribution in [-0.4, -0.2) is 35.7 Å². The largest absolute Gasteiger partial charge is 0.455 e. The third kappa shape index (κ3) is 3.81. The van der Waals surface area contributed by atoms with Crippen LogP contribution in [0.4, 0.5) is 10.5 Å². The summed E-state index contributed by atoms with van der Waals surface area (Å²) < 4.78 is 5.84. The Morgan fingerprint density at radius 2 is 1.91 bits per heavy atom. The van der Waals surface area contributed by atoms with Gasteiger partial charge in [0.05, 0.1) is 5.69 Å². The number of nitrogens with zero attached hydrogens (tertiary/aromatic N) is 1. The SMILES string of the molecule is O=C(Nc1ccccc1Oc1ccccc1)N1CCC(CO)C1. The Kier molecular flexibility index (Phi) is 4.78. The van der Waals surface area contributed by atoms with Crippen LogP contribution in [0.1, 0.15) is 6.42 Å². The summed E-state index contributed by atoms with van der Waals surface area (Å²) in [7, 11) is 0. The van der Waals surface area contributed by atoms with Gasteiger partial charge in [0.25, 0.3) is 0 Å². The highest BCUT2D eigenvalue weighted by Crippen LogP contribution is 2.29. The van der Waals surface area contributed by atoms with Crippen molar-refractivity contribution < 1.29 is 14.6 Å². The molecule has 0 aromatic heterocycles. The van der Waals surface area contributed by atoms with E-state index in [2.05, 4.69) is 5.32 Å². The second kappa shape index (κ2) is 7.15. The number of urea groups is 1. The van der Waals surface area contributed by atoms with E-state index in [1.807, 2.05) is 54.6 Å². The average molecular weight is 312 g/mol. The summed E-state index contributed by atoms with van der Waals surface area (Å²) in [4.78, 5) is 14.1. The molecule has 1 unspecified atom stereocenters. The first-order chi connectivity index (χ1) is 11.3. The van der Waals surface area contributed by atoms with Crippen molar-refractivity contribution in [1.29, 1.82) is 0 Å². The zero-order valence-electron chi connectivity index (χ0n) is 12.8. The number of carbonyl (C=O) groups is 1. The number of likely N-dealkylation sites (tertiary alicyclic amines) is 1. The molecule has 3 rings (SSSR count). The first kappa shape index (κ1) is 15.4. The molecule has 1 fully saturated rings. The molecule has 1 aliphatic rings. The second-order valence-corrected chi connectivity index (χ2v) is 5.62. The van der Waals surface area contributed by atoms with Gasteiger partial charge in [-0.1, -0.05) is 30.3 Å². The molecule has 2 N–H and O–H groups in total. The lowest BCUT2D eigenvalue weighted by molar-refractivity contribution is 0.208. The van der Waals surface area contributed by atoms with E-state index < -0.39 is 0 Å².